The molecule has 2 aromatic rings. The molecule has 0 saturated carbocycles. The van der Waals surface area contributed by atoms with Crippen molar-refractivity contribution in [2.45, 2.75) is 38.0 Å². The lowest BCUT2D eigenvalue weighted by Crippen LogP contribution is -2.48. The van der Waals surface area contributed by atoms with E-state index >= 15 is 0 Å². The fraction of sp³-hybridized carbons (Fsp3) is 0.455. The smallest absolute Gasteiger partial charge is 0.246 e. The standard InChI is InChI=1S/C22H30N2O3S/c1-5-18-6-9-20(10-7-18)23-12-14-24(15-13-23)28(25,26)22-16-19(17(2)3)8-11-21(22)27-4/h6-11,16-17H,5,12-15H2,1-4H3. The van der Waals surface area contributed by atoms with Crippen molar-refractivity contribution in [1.29, 1.82) is 0 Å². The summed E-state index contributed by atoms with van der Waals surface area (Å²) in [5, 5.41) is 0. The first-order valence-corrected chi connectivity index (χ1v) is 11.3. The molecule has 28 heavy (non-hydrogen) atoms. The second-order valence-corrected chi connectivity index (χ2v) is 9.38. The van der Waals surface area contributed by atoms with Crippen LogP contribution in [0, 0.1) is 0 Å². The lowest BCUT2D eigenvalue weighted by atomic mass is 10.0. The third-order valence-corrected chi connectivity index (χ3v) is 7.34. The van der Waals surface area contributed by atoms with E-state index in [1.165, 1.54) is 12.7 Å². The minimum absolute atomic E-state index is 0.253. The van der Waals surface area contributed by atoms with Gasteiger partial charge in [0.05, 0.1) is 7.11 Å². The molecule has 1 aliphatic heterocycles. The van der Waals surface area contributed by atoms with Crippen molar-refractivity contribution in [3.05, 3.63) is 53.6 Å². The van der Waals surface area contributed by atoms with Crippen LogP contribution in [0.3, 0.4) is 0 Å². The Morgan fingerprint density at radius 3 is 2.18 bits per heavy atom. The number of anilines is 1. The largest absolute Gasteiger partial charge is 0.495 e. The van der Waals surface area contributed by atoms with E-state index in [2.05, 4.69) is 49.9 Å². The summed E-state index contributed by atoms with van der Waals surface area (Å²) in [5.41, 5.74) is 3.45. The predicted octanol–water partition coefficient (Wildman–Crippen LogP) is 3.89. The van der Waals surface area contributed by atoms with Crippen LogP contribution in [0.25, 0.3) is 0 Å². The Labute approximate surface area is 169 Å². The van der Waals surface area contributed by atoms with Gasteiger partial charge in [-0.15, -0.1) is 0 Å². The van der Waals surface area contributed by atoms with E-state index < -0.39 is 10.0 Å². The lowest BCUT2D eigenvalue weighted by Gasteiger charge is -2.35. The first-order chi connectivity index (χ1) is 13.4. The molecule has 0 N–H and O–H groups in total. The van der Waals surface area contributed by atoms with Crippen molar-refractivity contribution >= 4 is 15.7 Å². The molecule has 0 unspecified atom stereocenters. The van der Waals surface area contributed by atoms with E-state index in [9.17, 15) is 8.42 Å². The van der Waals surface area contributed by atoms with Gasteiger partial charge in [0.25, 0.3) is 0 Å². The fourth-order valence-electron chi connectivity index (χ4n) is 3.52. The molecular weight excluding hydrogens is 372 g/mol. The van der Waals surface area contributed by atoms with E-state index in [0.29, 0.717) is 31.9 Å². The van der Waals surface area contributed by atoms with Gasteiger partial charge < -0.3 is 9.64 Å². The molecule has 6 heteroatoms. The molecule has 1 aliphatic rings. The molecule has 0 aromatic heterocycles. The Bertz CT molecular complexity index is 900. The zero-order chi connectivity index (χ0) is 20.3. The van der Waals surface area contributed by atoms with E-state index in [-0.39, 0.29) is 10.8 Å². The van der Waals surface area contributed by atoms with E-state index in [1.54, 1.807) is 16.4 Å². The molecule has 152 valence electrons. The summed E-state index contributed by atoms with van der Waals surface area (Å²) >= 11 is 0. The molecule has 1 saturated heterocycles. The maximum Gasteiger partial charge on any atom is 0.246 e. The molecule has 0 spiro atoms. The summed E-state index contributed by atoms with van der Waals surface area (Å²) in [7, 11) is -2.08. The average molecular weight is 403 g/mol. The summed E-state index contributed by atoms with van der Waals surface area (Å²) in [6.07, 6.45) is 1.02. The minimum Gasteiger partial charge on any atom is -0.495 e. The topological polar surface area (TPSA) is 49.9 Å². The zero-order valence-corrected chi connectivity index (χ0v) is 18.0. The number of nitrogens with zero attached hydrogens (tertiary/aromatic N) is 2. The van der Waals surface area contributed by atoms with Crippen LogP contribution < -0.4 is 9.64 Å². The summed E-state index contributed by atoms with van der Waals surface area (Å²) in [6.45, 7) is 8.54. The predicted molar refractivity (Wildman–Crippen MR) is 114 cm³/mol. The third-order valence-electron chi connectivity index (χ3n) is 5.42. The second-order valence-electron chi connectivity index (χ2n) is 7.48. The first kappa shape index (κ1) is 20.7. The van der Waals surface area contributed by atoms with Crippen molar-refractivity contribution in [3.8, 4) is 5.75 Å². The van der Waals surface area contributed by atoms with E-state index in [0.717, 1.165) is 17.7 Å². The van der Waals surface area contributed by atoms with Crippen LogP contribution >= 0.6 is 0 Å². The Balaban J connectivity index is 1.78. The van der Waals surface area contributed by atoms with Gasteiger partial charge in [-0.2, -0.15) is 4.31 Å². The second kappa shape index (κ2) is 8.53. The van der Waals surface area contributed by atoms with Crippen LogP contribution in [0.15, 0.2) is 47.4 Å². The minimum atomic E-state index is -3.60. The Kier molecular flexibility index (Phi) is 6.30. The molecule has 5 nitrogen and oxygen atoms in total. The lowest BCUT2D eigenvalue weighted by molar-refractivity contribution is 0.374. The van der Waals surface area contributed by atoms with Gasteiger partial charge in [-0.1, -0.05) is 39.0 Å². The highest BCUT2D eigenvalue weighted by molar-refractivity contribution is 7.89. The molecule has 0 radical (unpaired) electrons. The molecule has 1 fully saturated rings. The van der Waals surface area contributed by atoms with Crippen molar-refractivity contribution in [3.63, 3.8) is 0 Å². The Hall–Kier alpha value is -2.05. The molecule has 0 bridgehead atoms. The zero-order valence-electron chi connectivity index (χ0n) is 17.2. The van der Waals surface area contributed by atoms with Gasteiger partial charge in [0.15, 0.2) is 0 Å². The number of aryl methyl sites for hydroxylation is 1. The Morgan fingerprint density at radius 1 is 1.00 bits per heavy atom. The van der Waals surface area contributed by atoms with Crippen molar-refractivity contribution in [1.82, 2.24) is 4.31 Å². The molecule has 3 rings (SSSR count). The van der Waals surface area contributed by atoms with Crippen LogP contribution in [0.5, 0.6) is 5.75 Å². The van der Waals surface area contributed by atoms with Gasteiger partial charge in [-0.05, 0) is 47.7 Å². The summed E-state index contributed by atoms with van der Waals surface area (Å²) in [4.78, 5) is 2.51. The van der Waals surface area contributed by atoms with Gasteiger partial charge in [0, 0.05) is 31.9 Å². The monoisotopic (exact) mass is 402 g/mol. The number of hydrogen-bond donors (Lipinski definition) is 0. The highest BCUT2D eigenvalue weighted by atomic mass is 32.2. The van der Waals surface area contributed by atoms with Gasteiger partial charge in [0.2, 0.25) is 10.0 Å². The molecule has 0 amide bonds. The van der Waals surface area contributed by atoms with Gasteiger partial charge >= 0.3 is 0 Å². The van der Waals surface area contributed by atoms with Gasteiger partial charge in [-0.3, -0.25) is 0 Å². The number of ether oxygens (including phenoxy) is 1. The van der Waals surface area contributed by atoms with Crippen molar-refractivity contribution in [2.75, 3.05) is 38.2 Å². The maximum atomic E-state index is 13.3. The SMILES string of the molecule is CCc1ccc(N2CCN(S(=O)(=O)c3cc(C(C)C)ccc3OC)CC2)cc1. The Morgan fingerprint density at radius 2 is 1.64 bits per heavy atom. The average Bonchev–Trinajstić information content (AvgIpc) is 2.73. The number of benzene rings is 2. The van der Waals surface area contributed by atoms with Crippen molar-refractivity contribution in [2.24, 2.45) is 0 Å². The normalized spacial score (nSPS) is 15.8. The molecule has 2 aromatic carbocycles. The van der Waals surface area contributed by atoms with Crippen LogP contribution in [0.2, 0.25) is 0 Å². The maximum absolute atomic E-state index is 13.3. The van der Waals surface area contributed by atoms with Crippen LogP contribution in [-0.2, 0) is 16.4 Å². The summed E-state index contributed by atoms with van der Waals surface area (Å²) in [5.74, 6) is 0.657. The van der Waals surface area contributed by atoms with Crippen LogP contribution in [0.1, 0.15) is 37.8 Å². The van der Waals surface area contributed by atoms with E-state index in [1.807, 2.05) is 6.07 Å². The molecule has 1 heterocycles. The van der Waals surface area contributed by atoms with Crippen LogP contribution in [0.4, 0.5) is 5.69 Å². The van der Waals surface area contributed by atoms with E-state index in [4.69, 9.17) is 4.74 Å². The molecule has 0 atom stereocenters. The highest BCUT2D eigenvalue weighted by Gasteiger charge is 2.31. The van der Waals surface area contributed by atoms with Crippen LogP contribution in [-0.4, -0.2) is 46.0 Å². The molecule has 0 aliphatic carbocycles. The molecular formula is C22H30N2O3S. The quantitative estimate of drug-likeness (QED) is 0.735. The highest BCUT2D eigenvalue weighted by Crippen LogP contribution is 2.31. The van der Waals surface area contributed by atoms with Crippen molar-refractivity contribution < 1.29 is 13.2 Å². The number of piperazine rings is 1. The third kappa shape index (κ3) is 4.18. The summed E-state index contributed by atoms with van der Waals surface area (Å²) in [6, 6.07) is 14.0. The first-order valence-electron chi connectivity index (χ1n) is 9.88. The number of hydrogen-bond acceptors (Lipinski definition) is 4. The van der Waals surface area contributed by atoms with Gasteiger partial charge in [-0.25, -0.2) is 8.42 Å². The number of methoxy groups -OCH3 is 1. The number of sulfonamides is 1. The fourth-order valence-corrected chi connectivity index (χ4v) is 5.14. The number of rotatable bonds is 6. The van der Waals surface area contributed by atoms with Gasteiger partial charge in [0.1, 0.15) is 10.6 Å². The summed E-state index contributed by atoms with van der Waals surface area (Å²) < 4.78 is 33.5.